The van der Waals surface area contributed by atoms with E-state index >= 15 is 0 Å². The predicted octanol–water partition coefficient (Wildman–Crippen LogP) is 5.89. The van der Waals surface area contributed by atoms with Gasteiger partial charge in [0.1, 0.15) is 11.5 Å². The number of rotatable bonds is 5. The van der Waals surface area contributed by atoms with Crippen molar-refractivity contribution in [3.63, 3.8) is 0 Å². The van der Waals surface area contributed by atoms with Gasteiger partial charge in [-0.15, -0.1) is 0 Å². The molecule has 6 nitrogen and oxygen atoms in total. The molecule has 0 radical (unpaired) electrons. The maximum Gasteiger partial charge on any atom is 0.338 e. The summed E-state index contributed by atoms with van der Waals surface area (Å²) in [6.45, 7) is 5.75. The molecule has 0 spiro atoms. The summed E-state index contributed by atoms with van der Waals surface area (Å²) < 4.78 is 10.9. The van der Waals surface area contributed by atoms with Crippen LogP contribution in [0.4, 0.5) is 5.69 Å². The molecule has 0 bridgehead atoms. The summed E-state index contributed by atoms with van der Waals surface area (Å²) in [5.74, 6) is 0.512. The molecule has 0 N–H and O–H groups in total. The molecule has 1 aliphatic heterocycles. The van der Waals surface area contributed by atoms with Gasteiger partial charge in [-0.1, -0.05) is 23.7 Å². The summed E-state index contributed by atoms with van der Waals surface area (Å²) in [5.41, 5.74) is 3.82. The van der Waals surface area contributed by atoms with Gasteiger partial charge >= 0.3 is 5.97 Å². The Morgan fingerprint density at radius 3 is 2.56 bits per heavy atom. The van der Waals surface area contributed by atoms with Crippen molar-refractivity contribution in [3.8, 4) is 11.3 Å². The number of carbonyl (C=O) groups excluding carboxylic acids is 2. The minimum Gasteiger partial charge on any atom is -0.462 e. The zero-order chi connectivity index (χ0) is 22.8. The molecule has 1 aliphatic rings. The van der Waals surface area contributed by atoms with Crippen molar-refractivity contribution in [2.75, 3.05) is 11.6 Å². The fraction of sp³-hybridized carbons (Fsp3) is 0.160. The fourth-order valence-electron chi connectivity index (χ4n) is 3.29. The molecule has 32 heavy (non-hydrogen) atoms. The molecular weight excluding hydrogens is 428 g/mol. The lowest BCUT2D eigenvalue weighted by Crippen LogP contribution is -2.21. The standard InChI is InChI=1S/C25H21ClN2O4/c1-4-31-25(30)17-7-9-19(10-8-17)28-24(29)21(16(3)27-28)14-20-11-12-23(32-20)18-6-5-15(2)22(26)13-18/h5-14H,4H2,1-3H3/b21-14-. The number of hydrogen-bond acceptors (Lipinski definition) is 5. The maximum absolute atomic E-state index is 13.0. The number of nitrogens with zero attached hydrogens (tertiary/aromatic N) is 2. The van der Waals surface area contributed by atoms with Crippen molar-refractivity contribution in [2.45, 2.75) is 20.8 Å². The summed E-state index contributed by atoms with van der Waals surface area (Å²) in [7, 11) is 0. The Morgan fingerprint density at radius 1 is 1.12 bits per heavy atom. The number of halogens is 1. The molecule has 2 aromatic carbocycles. The largest absolute Gasteiger partial charge is 0.462 e. The number of hydrazone groups is 1. The van der Waals surface area contributed by atoms with E-state index in [1.165, 1.54) is 5.01 Å². The Kier molecular flexibility index (Phi) is 5.97. The van der Waals surface area contributed by atoms with Crippen LogP contribution in [-0.4, -0.2) is 24.2 Å². The van der Waals surface area contributed by atoms with Crippen LogP contribution in [0.3, 0.4) is 0 Å². The Labute approximate surface area is 190 Å². The second kappa shape index (κ2) is 8.85. The minimum atomic E-state index is -0.407. The van der Waals surface area contributed by atoms with E-state index in [-0.39, 0.29) is 5.91 Å². The topological polar surface area (TPSA) is 72.1 Å². The Bertz CT molecular complexity index is 1260. The van der Waals surface area contributed by atoms with Crippen LogP contribution in [0.1, 0.15) is 35.5 Å². The first-order chi connectivity index (χ1) is 15.4. The highest BCUT2D eigenvalue weighted by atomic mass is 35.5. The molecule has 0 fully saturated rings. The third kappa shape index (κ3) is 4.22. The number of hydrogen-bond donors (Lipinski definition) is 0. The fourth-order valence-corrected chi connectivity index (χ4v) is 3.47. The third-order valence-corrected chi connectivity index (χ3v) is 5.46. The molecule has 1 aromatic heterocycles. The van der Waals surface area contributed by atoms with Crippen molar-refractivity contribution in [3.05, 3.63) is 82.1 Å². The smallest absolute Gasteiger partial charge is 0.338 e. The normalized spacial score (nSPS) is 14.8. The van der Waals surface area contributed by atoms with E-state index in [1.807, 2.05) is 31.2 Å². The first-order valence-electron chi connectivity index (χ1n) is 10.1. The van der Waals surface area contributed by atoms with Crippen LogP contribution in [0.15, 0.2) is 69.7 Å². The van der Waals surface area contributed by atoms with E-state index in [2.05, 4.69) is 5.10 Å². The SMILES string of the molecule is CCOC(=O)c1ccc(N2N=C(C)/C(=C/c3ccc(-c4ccc(C)c(Cl)c4)o3)C2=O)cc1. The Balaban J connectivity index is 1.55. The second-order valence-electron chi connectivity index (χ2n) is 7.29. The van der Waals surface area contributed by atoms with Crippen LogP contribution in [0.25, 0.3) is 17.4 Å². The molecule has 0 saturated heterocycles. The molecular formula is C25H21ClN2O4. The summed E-state index contributed by atoms with van der Waals surface area (Å²) >= 11 is 6.22. The number of esters is 1. The second-order valence-corrected chi connectivity index (χ2v) is 7.70. The number of furan rings is 1. The molecule has 7 heteroatoms. The highest BCUT2D eigenvalue weighted by molar-refractivity contribution is 6.32. The van der Waals surface area contributed by atoms with E-state index in [0.29, 0.717) is 45.7 Å². The number of aryl methyl sites for hydroxylation is 1. The van der Waals surface area contributed by atoms with Gasteiger partial charge in [0.2, 0.25) is 0 Å². The van der Waals surface area contributed by atoms with Crippen LogP contribution in [0.2, 0.25) is 5.02 Å². The van der Waals surface area contributed by atoms with E-state index < -0.39 is 5.97 Å². The van der Waals surface area contributed by atoms with Crippen LogP contribution in [-0.2, 0) is 9.53 Å². The van der Waals surface area contributed by atoms with Gasteiger partial charge < -0.3 is 9.15 Å². The van der Waals surface area contributed by atoms with E-state index in [1.54, 1.807) is 50.3 Å². The number of ether oxygens (including phenoxy) is 1. The highest BCUT2D eigenvalue weighted by Gasteiger charge is 2.29. The predicted molar refractivity (Wildman–Crippen MR) is 125 cm³/mol. The van der Waals surface area contributed by atoms with Crippen molar-refractivity contribution in [1.29, 1.82) is 0 Å². The number of benzene rings is 2. The minimum absolute atomic E-state index is 0.275. The van der Waals surface area contributed by atoms with Crippen LogP contribution in [0, 0.1) is 6.92 Å². The number of amides is 1. The quantitative estimate of drug-likeness (QED) is 0.360. The summed E-state index contributed by atoms with van der Waals surface area (Å²) in [5, 5.41) is 6.34. The van der Waals surface area contributed by atoms with Gasteiger partial charge in [0.25, 0.3) is 5.91 Å². The van der Waals surface area contributed by atoms with Gasteiger partial charge in [0.05, 0.1) is 29.1 Å². The Hall–Kier alpha value is -3.64. The first-order valence-corrected chi connectivity index (χ1v) is 10.5. The van der Waals surface area contributed by atoms with E-state index in [4.69, 9.17) is 20.8 Å². The summed E-state index contributed by atoms with van der Waals surface area (Å²) in [6, 6.07) is 15.9. The highest BCUT2D eigenvalue weighted by Crippen LogP contribution is 2.29. The van der Waals surface area contributed by atoms with Crippen molar-refractivity contribution in [2.24, 2.45) is 5.10 Å². The lowest BCUT2D eigenvalue weighted by atomic mass is 10.1. The zero-order valence-electron chi connectivity index (χ0n) is 17.9. The van der Waals surface area contributed by atoms with Gasteiger partial charge in [-0.05, 0) is 74.9 Å². The molecule has 0 atom stereocenters. The number of carbonyl (C=O) groups is 2. The lowest BCUT2D eigenvalue weighted by Gasteiger charge is -2.12. The van der Waals surface area contributed by atoms with Crippen molar-refractivity contribution in [1.82, 2.24) is 0 Å². The van der Waals surface area contributed by atoms with E-state index in [0.717, 1.165) is 11.1 Å². The van der Waals surface area contributed by atoms with Gasteiger partial charge in [-0.2, -0.15) is 10.1 Å². The number of anilines is 1. The van der Waals surface area contributed by atoms with Gasteiger partial charge in [-0.3, -0.25) is 4.79 Å². The van der Waals surface area contributed by atoms with E-state index in [9.17, 15) is 9.59 Å². The molecule has 0 aliphatic carbocycles. The van der Waals surface area contributed by atoms with Crippen LogP contribution >= 0.6 is 11.6 Å². The molecule has 0 saturated carbocycles. The average molecular weight is 449 g/mol. The Morgan fingerprint density at radius 2 is 1.88 bits per heavy atom. The first kappa shape index (κ1) is 21.6. The lowest BCUT2D eigenvalue weighted by molar-refractivity contribution is -0.114. The molecule has 4 rings (SSSR count). The van der Waals surface area contributed by atoms with Crippen molar-refractivity contribution < 1.29 is 18.7 Å². The van der Waals surface area contributed by atoms with Gasteiger partial charge in [-0.25, -0.2) is 4.79 Å². The monoisotopic (exact) mass is 448 g/mol. The van der Waals surface area contributed by atoms with Crippen molar-refractivity contribution >= 4 is 41.0 Å². The maximum atomic E-state index is 13.0. The summed E-state index contributed by atoms with van der Waals surface area (Å²) in [6.07, 6.45) is 1.67. The van der Waals surface area contributed by atoms with Crippen LogP contribution < -0.4 is 5.01 Å². The molecule has 0 unspecified atom stereocenters. The molecule has 162 valence electrons. The van der Waals surface area contributed by atoms with Gasteiger partial charge in [0.15, 0.2) is 0 Å². The molecule has 3 aromatic rings. The zero-order valence-corrected chi connectivity index (χ0v) is 18.6. The third-order valence-electron chi connectivity index (χ3n) is 5.06. The summed E-state index contributed by atoms with van der Waals surface area (Å²) in [4.78, 5) is 24.8. The molecule has 2 heterocycles. The van der Waals surface area contributed by atoms with Crippen LogP contribution in [0.5, 0.6) is 0 Å². The average Bonchev–Trinajstić information content (AvgIpc) is 3.36. The van der Waals surface area contributed by atoms with Gasteiger partial charge in [0, 0.05) is 10.6 Å². The molecule has 1 amide bonds.